The lowest BCUT2D eigenvalue weighted by Crippen LogP contribution is -2.41. The van der Waals surface area contributed by atoms with Crippen LogP contribution in [-0.4, -0.2) is 31.7 Å². The summed E-state index contributed by atoms with van der Waals surface area (Å²) in [6, 6.07) is 4.38. The lowest BCUT2D eigenvalue weighted by atomic mass is 9.80. The van der Waals surface area contributed by atoms with Crippen LogP contribution in [0.5, 0.6) is 5.88 Å². The summed E-state index contributed by atoms with van der Waals surface area (Å²) in [5.41, 5.74) is 6.93. The van der Waals surface area contributed by atoms with Gasteiger partial charge in [-0.15, -0.1) is 0 Å². The number of pyridine rings is 1. The van der Waals surface area contributed by atoms with Crippen LogP contribution in [0, 0.1) is 5.92 Å². The molecule has 1 fully saturated rings. The van der Waals surface area contributed by atoms with Gasteiger partial charge in [0.05, 0.1) is 7.11 Å². The van der Waals surface area contributed by atoms with Crippen molar-refractivity contribution in [2.45, 2.75) is 18.9 Å². The normalized spacial score (nSPS) is 23.7. The Labute approximate surface area is 96.4 Å². The highest BCUT2D eigenvalue weighted by atomic mass is 16.5. The molecule has 2 N–H and O–H groups in total. The number of nitrogens with zero attached hydrogens (tertiary/aromatic N) is 2. The van der Waals surface area contributed by atoms with Crippen LogP contribution in [0.4, 0.5) is 5.69 Å². The van der Waals surface area contributed by atoms with Gasteiger partial charge in [0.1, 0.15) is 0 Å². The molecule has 1 aliphatic rings. The molecule has 4 heteroatoms. The molecular weight excluding hydrogens is 202 g/mol. The standard InChI is InChI=1S/C12H19N3O/c1-15(8-9-5-10(13)6-9)11-3-4-14-12(7-11)16-2/h3-4,7,9-10H,5-6,8,13H2,1-2H3. The fourth-order valence-electron chi connectivity index (χ4n) is 2.18. The van der Waals surface area contributed by atoms with Crippen LogP contribution < -0.4 is 15.4 Å². The minimum absolute atomic E-state index is 0.422. The maximum atomic E-state index is 5.78. The number of hydrogen-bond donors (Lipinski definition) is 1. The molecule has 0 aromatic carbocycles. The minimum Gasteiger partial charge on any atom is -0.481 e. The first-order valence-corrected chi connectivity index (χ1v) is 5.66. The molecule has 0 radical (unpaired) electrons. The second-order valence-corrected chi connectivity index (χ2v) is 4.53. The smallest absolute Gasteiger partial charge is 0.214 e. The van der Waals surface area contributed by atoms with Crippen LogP contribution in [0.15, 0.2) is 18.3 Å². The van der Waals surface area contributed by atoms with Gasteiger partial charge < -0.3 is 15.4 Å². The van der Waals surface area contributed by atoms with Crippen LogP contribution in [0.1, 0.15) is 12.8 Å². The monoisotopic (exact) mass is 221 g/mol. The summed E-state index contributed by atoms with van der Waals surface area (Å²) in [4.78, 5) is 6.33. The molecule has 0 atom stereocenters. The Morgan fingerprint density at radius 1 is 1.56 bits per heavy atom. The molecule has 4 nitrogen and oxygen atoms in total. The molecule has 0 saturated heterocycles. The van der Waals surface area contributed by atoms with Crippen molar-refractivity contribution in [2.24, 2.45) is 11.7 Å². The van der Waals surface area contributed by atoms with Gasteiger partial charge >= 0.3 is 0 Å². The fourth-order valence-corrected chi connectivity index (χ4v) is 2.18. The summed E-state index contributed by atoms with van der Waals surface area (Å²) >= 11 is 0. The Morgan fingerprint density at radius 2 is 2.31 bits per heavy atom. The van der Waals surface area contributed by atoms with Crippen molar-refractivity contribution in [1.29, 1.82) is 0 Å². The zero-order valence-corrected chi connectivity index (χ0v) is 9.89. The third-order valence-electron chi connectivity index (χ3n) is 3.17. The highest BCUT2D eigenvalue weighted by Crippen LogP contribution is 2.28. The van der Waals surface area contributed by atoms with E-state index in [9.17, 15) is 0 Å². The van der Waals surface area contributed by atoms with Crippen molar-refractivity contribution in [3.05, 3.63) is 18.3 Å². The summed E-state index contributed by atoms with van der Waals surface area (Å²) in [7, 11) is 3.73. The zero-order valence-electron chi connectivity index (χ0n) is 9.89. The van der Waals surface area contributed by atoms with Gasteiger partial charge in [0.2, 0.25) is 5.88 Å². The Morgan fingerprint density at radius 3 is 2.94 bits per heavy atom. The molecule has 0 aliphatic heterocycles. The van der Waals surface area contributed by atoms with E-state index in [4.69, 9.17) is 10.5 Å². The van der Waals surface area contributed by atoms with Crippen molar-refractivity contribution < 1.29 is 4.74 Å². The van der Waals surface area contributed by atoms with Crippen molar-refractivity contribution >= 4 is 5.69 Å². The van der Waals surface area contributed by atoms with Crippen LogP contribution >= 0.6 is 0 Å². The van der Waals surface area contributed by atoms with Gasteiger partial charge in [-0.3, -0.25) is 0 Å². The Kier molecular flexibility index (Phi) is 3.29. The molecule has 1 aromatic rings. The first-order chi connectivity index (χ1) is 7.69. The maximum absolute atomic E-state index is 5.78. The topological polar surface area (TPSA) is 51.4 Å². The molecule has 1 saturated carbocycles. The maximum Gasteiger partial charge on any atom is 0.214 e. The summed E-state index contributed by atoms with van der Waals surface area (Å²) in [5.74, 6) is 1.40. The number of hydrogen-bond acceptors (Lipinski definition) is 4. The number of rotatable bonds is 4. The van der Waals surface area contributed by atoms with Gasteiger partial charge in [-0.05, 0) is 24.8 Å². The quantitative estimate of drug-likeness (QED) is 0.831. The van der Waals surface area contributed by atoms with Crippen molar-refractivity contribution in [3.8, 4) is 5.88 Å². The molecule has 1 aromatic heterocycles. The van der Waals surface area contributed by atoms with Gasteiger partial charge in [-0.2, -0.15) is 0 Å². The molecule has 1 heterocycles. The van der Waals surface area contributed by atoms with E-state index in [0.717, 1.165) is 31.0 Å². The lowest BCUT2D eigenvalue weighted by molar-refractivity contribution is 0.271. The molecule has 0 unspecified atom stereocenters. The number of ether oxygens (including phenoxy) is 1. The summed E-state index contributed by atoms with van der Waals surface area (Å²) in [6.45, 7) is 1.06. The molecule has 0 bridgehead atoms. The van der Waals surface area contributed by atoms with Crippen LogP contribution in [0.3, 0.4) is 0 Å². The summed E-state index contributed by atoms with van der Waals surface area (Å²) in [5, 5.41) is 0. The Hall–Kier alpha value is -1.29. The van der Waals surface area contributed by atoms with E-state index < -0.39 is 0 Å². The number of aromatic nitrogens is 1. The van der Waals surface area contributed by atoms with E-state index in [1.165, 1.54) is 0 Å². The Balaban J connectivity index is 1.94. The average molecular weight is 221 g/mol. The van der Waals surface area contributed by atoms with Crippen molar-refractivity contribution in [1.82, 2.24) is 4.98 Å². The largest absolute Gasteiger partial charge is 0.481 e. The molecule has 1 aliphatic carbocycles. The molecular formula is C12H19N3O. The van der Waals surface area contributed by atoms with Crippen molar-refractivity contribution in [3.63, 3.8) is 0 Å². The number of methoxy groups -OCH3 is 1. The van der Waals surface area contributed by atoms with E-state index in [0.29, 0.717) is 11.9 Å². The number of nitrogens with two attached hydrogens (primary N) is 1. The van der Waals surface area contributed by atoms with Crippen LogP contribution in [0.2, 0.25) is 0 Å². The third-order valence-corrected chi connectivity index (χ3v) is 3.17. The Bertz CT molecular complexity index is 350. The molecule has 2 rings (SSSR count). The zero-order chi connectivity index (χ0) is 11.5. The van der Waals surface area contributed by atoms with Gasteiger partial charge in [-0.25, -0.2) is 4.98 Å². The highest BCUT2D eigenvalue weighted by molar-refractivity contribution is 5.47. The number of anilines is 1. The lowest BCUT2D eigenvalue weighted by Gasteiger charge is -2.36. The molecule has 88 valence electrons. The van der Waals surface area contributed by atoms with Gasteiger partial charge in [0.25, 0.3) is 0 Å². The second kappa shape index (κ2) is 4.70. The van der Waals surface area contributed by atoms with Gasteiger partial charge in [0.15, 0.2) is 0 Å². The molecule has 16 heavy (non-hydrogen) atoms. The van der Waals surface area contributed by atoms with Gasteiger partial charge in [-0.1, -0.05) is 0 Å². The second-order valence-electron chi connectivity index (χ2n) is 4.53. The van der Waals surface area contributed by atoms with Gasteiger partial charge in [0, 0.05) is 37.6 Å². The van der Waals surface area contributed by atoms with E-state index in [1.54, 1.807) is 13.3 Å². The van der Waals surface area contributed by atoms with E-state index in [1.807, 2.05) is 12.1 Å². The predicted octanol–water partition coefficient (Wildman–Crippen LogP) is 1.26. The van der Waals surface area contributed by atoms with Crippen molar-refractivity contribution in [2.75, 3.05) is 25.6 Å². The van der Waals surface area contributed by atoms with Crippen LogP contribution in [-0.2, 0) is 0 Å². The van der Waals surface area contributed by atoms with Crippen LogP contribution in [0.25, 0.3) is 0 Å². The molecule has 0 amide bonds. The van der Waals surface area contributed by atoms with E-state index >= 15 is 0 Å². The highest BCUT2D eigenvalue weighted by Gasteiger charge is 2.26. The molecule has 0 spiro atoms. The summed E-state index contributed by atoms with van der Waals surface area (Å²) < 4.78 is 5.11. The minimum atomic E-state index is 0.422. The summed E-state index contributed by atoms with van der Waals surface area (Å²) in [6.07, 6.45) is 4.07. The first-order valence-electron chi connectivity index (χ1n) is 5.66. The fraction of sp³-hybridized carbons (Fsp3) is 0.583. The SMILES string of the molecule is COc1cc(N(C)CC2CC(N)C2)ccn1. The first kappa shape index (κ1) is 11.2. The predicted molar refractivity (Wildman–Crippen MR) is 64.8 cm³/mol. The van der Waals surface area contributed by atoms with E-state index in [2.05, 4.69) is 16.9 Å². The third kappa shape index (κ3) is 2.44. The average Bonchev–Trinajstić information content (AvgIpc) is 2.27. The van der Waals surface area contributed by atoms with E-state index in [-0.39, 0.29) is 0 Å².